The number of primary sulfonamides is 1. The molecule has 12 heteroatoms. The van der Waals surface area contributed by atoms with E-state index in [1.807, 2.05) is 0 Å². The van der Waals surface area contributed by atoms with E-state index in [-0.39, 0.29) is 0 Å². The summed E-state index contributed by atoms with van der Waals surface area (Å²) in [6.45, 7) is -0.565. The molecule has 0 saturated heterocycles. The highest BCUT2D eigenvalue weighted by atomic mass is 32.2. The zero-order valence-electron chi connectivity index (χ0n) is 9.49. The van der Waals surface area contributed by atoms with E-state index in [2.05, 4.69) is 9.72 Å². The number of aromatic nitrogens is 1. The topological polar surface area (TPSA) is 108 Å². The van der Waals surface area contributed by atoms with Gasteiger partial charge in [-0.3, -0.25) is 0 Å². The molecule has 0 radical (unpaired) electrons. The van der Waals surface area contributed by atoms with Crippen molar-refractivity contribution in [2.24, 2.45) is 10.9 Å². The summed E-state index contributed by atoms with van der Waals surface area (Å²) in [5.41, 5.74) is 3.10. The molecular formula is C8H8F5N3O3S. The molecule has 0 aliphatic carbocycles. The van der Waals surface area contributed by atoms with Gasteiger partial charge >= 0.3 is 6.36 Å². The van der Waals surface area contributed by atoms with Crippen LogP contribution in [0.15, 0.2) is 11.1 Å². The summed E-state index contributed by atoms with van der Waals surface area (Å²) in [6.07, 6.45) is -8.36. The third-order valence-corrected chi connectivity index (χ3v) is 3.09. The van der Waals surface area contributed by atoms with Crippen LogP contribution in [0.5, 0.6) is 5.88 Å². The average Bonchev–Trinajstić information content (AvgIpc) is 2.24. The second kappa shape index (κ2) is 5.46. The Balaban J connectivity index is 3.66. The van der Waals surface area contributed by atoms with E-state index < -0.39 is 51.3 Å². The van der Waals surface area contributed by atoms with E-state index in [1.54, 1.807) is 0 Å². The monoisotopic (exact) mass is 321 g/mol. The average molecular weight is 321 g/mol. The Morgan fingerprint density at radius 3 is 2.25 bits per heavy atom. The van der Waals surface area contributed by atoms with Crippen LogP contribution in [-0.2, 0) is 16.6 Å². The molecule has 0 amide bonds. The number of hydrogen-bond donors (Lipinski definition) is 2. The lowest BCUT2D eigenvalue weighted by atomic mass is 10.2. The van der Waals surface area contributed by atoms with Crippen molar-refractivity contribution in [3.05, 3.63) is 17.3 Å². The number of nitrogens with zero attached hydrogens (tertiary/aromatic N) is 1. The van der Waals surface area contributed by atoms with Crippen LogP contribution < -0.4 is 15.6 Å². The van der Waals surface area contributed by atoms with Gasteiger partial charge in [-0.05, 0) is 0 Å². The van der Waals surface area contributed by atoms with Crippen LogP contribution in [0.2, 0.25) is 0 Å². The van der Waals surface area contributed by atoms with E-state index in [0.29, 0.717) is 6.20 Å². The highest BCUT2D eigenvalue weighted by molar-refractivity contribution is 7.89. The SMILES string of the molecule is NCc1cnc(OC(F)(F)F)c(C(F)F)c1S(N)(=O)=O. The lowest BCUT2D eigenvalue weighted by Gasteiger charge is -2.16. The maximum Gasteiger partial charge on any atom is 0.574 e. The molecule has 0 aliphatic heterocycles. The fraction of sp³-hybridized carbons (Fsp3) is 0.375. The zero-order chi connectivity index (χ0) is 15.7. The molecule has 6 nitrogen and oxygen atoms in total. The normalized spacial score (nSPS) is 12.8. The molecule has 4 N–H and O–H groups in total. The van der Waals surface area contributed by atoms with Gasteiger partial charge in [-0.25, -0.2) is 27.3 Å². The fourth-order valence-corrected chi connectivity index (χ4v) is 2.38. The lowest BCUT2D eigenvalue weighted by molar-refractivity contribution is -0.276. The first-order valence-corrected chi connectivity index (χ1v) is 6.30. The zero-order valence-corrected chi connectivity index (χ0v) is 10.3. The van der Waals surface area contributed by atoms with E-state index >= 15 is 0 Å². The molecule has 0 atom stereocenters. The van der Waals surface area contributed by atoms with Gasteiger partial charge in [-0.15, -0.1) is 13.2 Å². The Morgan fingerprint density at radius 1 is 1.35 bits per heavy atom. The standard InChI is InChI=1S/C8H8F5N3O3S/c9-6(10)4-5(20(15,17)18)3(1-14)2-16-7(4)19-8(11,12)13/h2,6H,1,14H2,(H2,15,17,18). The molecular weight excluding hydrogens is 313 g/mol. The van der Waals surface area contributed by atoms with Crippen LogP contribution in [0.1, 0.15) is 17.6 Å². The molecule has 1 rings (SSSR count). The first-order chi connectivity index (χ1) is 8.97. The van der Waals surface area contributed by atoms with Crippen molar-refractivity contribution >= 4 is 10.0 Å². The molecule has 0 aliphatic rings. The van der Waals surface area contributed by atoms with E-state index in [0.717, 1.165) is 0 Å². The molecule has 114 valence electrons. The molecule has 0 fully saturated rings. The van der Waals surface area contributed by atoms with Crippen LogP contribution >= 0.6 is 0 Å². The van der Waals surface area contributed by atoms with Crippen molar-refractivity contribution in [2.75, 3.05) is 0 Å². The molecule has 0 bridgehead atoms. The van der Waals surface area contributed by atoms with Gasteiger partial charge in [-0.1, -0.05) is 0 Å². The van der Waals surface area contributed by atoms with E-state index in [1.165, 1.54) is 0 Å². The van der Waals surface area contributed by atoms with Gasteiger partial charge in [0.15, 0.2) is 0 Å². The summed E-state index contributed by atoms with van der Waals surface area (Å²) in [5.74, 6) is -1.59. The number of ether oxygens (including phenoxy) is 1. The third kappa shape index (κ3) is 3.74. The Bertz CT molecular complexity index is 602. The number of halogens is 5. The first-order valence-electron chi connectivity index (χ1n) is 4.76. The minimum atomic E-state index is -5.32. The van der Waals surface area contributed by atoms with Gasteiger partial charge in [0.05, 0.1) is 0 Å². The predicted octanol–water partition coefficient (Wildman–Crippen LogP) is 1.02. The molecule has 1 aromatic heterocycles. The minimum absolute atomic E-state index is 0.447. The first kappa shape index (κ1) is 16.5. The van der Waals surface area contributed by atoms with Gasteiger partial charge in [0.25, 0.3) is 6.43 Å². The number of sulfonamides is 1. The van der Waals surface area contributed by atoms with E-state index in [9.17, 15) is 30.4 Å². The Hall–Kier alpha value is -1.53. The third-order valence-electron chi connectivity index (χ3n) is 2.04. The van der Waals surface area contributed by atoms with Crippen molar-refractivity contribution in [1.82, 2.24) is 4.98 Å². The highest BCUT2D eigenvalue weighted by Gasteiger charge is 2.37. The summed E-state index contributed by atoms with van der Waals surface area (Å²) in [6, 6.07) is 0. The molecule has 1 aromatic rings. The summed E-state index contributed by atoms with van der Waals surface area (Å²) >= 11 is 0. The molecule has 0 unspecified atom stereocenters. The summed E-state index contributed by atoms with van der Waals surface area (Å²) < 4.78 is 87.8. The second-order valence-corrected chi connectivity index (χ2v) is 4.93. The molecule has 0 aromatic carbocycles. The van der Waals surface area contributed by atoms with Crippen LogP contribution in [0, 0.1) is 0 Å². The van der Waals surface area contributed by atoms with Crippen molar-refractivity contribution in [1.29, 1.82) is 0 Å². The number of pyridine rings is 1. The van der Waals surface area contributed by atoms with Crippen LogP contribution in [0.4, 0.5) is 22.0 Å². The van der Waals surface area contributed by atoms with E-state index in [4.69, 9.17) is 10.9 Å². The predicted molar refractivity (Wildman–Crippen MR) is 55.1 cm³/mol. The van der Waals surface area contributed by atoms with Gasteiger partial charge in [0.2, 0.25) is 15.9 Å². The maximum absolute atomic E-state index is 12.9. The molecule has 0 saturated carbocycles. The van der Waals surface area contributed by atoms with Crippen molar-refractivity contribution < 1.29 is 35.1 Å². The van der Waals surface area contributed by atoms with Gasteiger partial charge in [0, 0.05) is 18.3 Å². The van der Waals surface area contributed by atoms with Crippen LogP contribution in [0.25, 0.3) is 0 Å². The van der Waals surface area contributed by atoms with Gasteiger partial charge in [-0.2, -0.15) is 0 Å². The number of alkyl halides is 5. The van der Waals surface area contributed by atoms with Gasteiger partial charge < -0.3 is 10.5 Å². The molecule has 20 heavy (non-hydrogen) atoms. The number of nitrogens with two attached hydrogens (primary N) is 2. The summed E-state index contributed by atoms with van der Waals surface area (Å²) in [4.78, 5) is 1.79. The molecule has 0 spiro atoms. The Morgan fingerprint density at radius 2 is 1.90 bits per heavy atom. The minimum Gasteiger partial charge on any atom is -0.387 e. The smallest absolute Gasteiger partial charge is 0.387 e. The molecule has 1 heterocycles. The largest absolute Gasteiger partial charge is 0.574 e. The van der Waals surface area contributed by atoms with Gasteiger partial charge in [0.1, 0.15) is 10.5 Å². The summed E-state index contributed by atoms with van der Waals surface area (Å²) in [5, 5.41) is 4.72. The Labute approximate surface area is 109 Å². The number of hydrogen-bond acceptors (Lipinski definition) is 5. The Kier molecular flexibility index (Phi) is 4.51. The second-order valence-electron chi connectivity index (χ2n) is 3.43. The fourth-order valence-electron chi connectivity index (χ4n) is 1.40. The quantitative estimate of drug-likeness (QED) is 0.805. The van der Waals surface area contributed by atoms with Crippen molar-refractivity contribution in [2.45, 2.75) is 24.2 Å². The van der Waals surface area contributed by atoms with Crippen molar-refractivity contribution in [3.63, 3.8) is 0 Å². The lowest BCUT2D eigenvalue weighted by Crippen LogP contribution is -2.23. The van der Waals surface area contributed by atoms with Crippen LogP contribution in [-0.4, -0.2) is 19.8 Å². The van der Waals surface area contributed by atoms with Crippen LogP contribution in [0.3, 0.4) is 0 Å². The number of rotatable bonds is 4. The highest BCUT2D eigenvalue weighted by Crippen LogP contribution is 2.37. The van der Waals surface area contributed by atoms with Crippen molar-refractivity contribution in [3.8, 4) is 5.88 Å². The summed E-state index contributed by atoms with van der Waals surface area (Å²) in [7, 11) is -4.75. The maximum atomic E-state index is 12.9.